The summed E-state index contributed by atoms with van der Waals surface area (Å²) in [5.74, 6) is 1.31. The Morgan fingerprint density at radius 2 is 1.79 bits per heavy atom. The molecule has 0 amide bonds. The van der Waals surface area contributed by atoms with Crippen molar-refractivity contribution in [1.29, 1.82) is 0 Å². The zero-order valence-electron chi connectivity index (χ0n) is 19.0. The van der Waals surface area contributed by atoms with E-state index in [0.717, 1.165) is 28.1 Å². The third kappa shape index (κ3) is 4.06. The van der Waals surface area contributed by atoms with E-state index in [9.17, 15) is 8.42 Å². The second-order valence-corrected chi connectivity index (χ2v) is 10.8. The van der Waals surface area contributed by atoms with Crippen LogP contribution in [0.5, 0.6) is 5.75 Å². The highest BCUT2D eigenvalue weighted by Gasteiger charge is 2.32. The minimum Gasteiger partial charge on any atom is -0.495 e. The molecule has 2 aromatic heterocycles. The average Bonchev–Trinajstić information content (AvgIpc) is 3.23. The zero-order valence-corrected chi connectivity index (χ0v) is 20.6. The molecule has 1 aliphatic heterocycles. The summed E-state index contributed by atoms with van der Waals surface area (Å²) in [5.41, 5.74) is 3.74. The monoisotopic (exact) mass is 496 g/mol. The molecule has 1 aliphatic rings. The molecule has 7 nitrogen and oxygen atoms in total. The lowest BCUT2D eigenvalue weighted by Gasteiger charge is -2.32. The first-order chi connectivity index (χ1) is 16.4. The molecule has 3 heterocycles. The Bertz CT molecular complexity index is 1450. The molecule has 2 aromatic carbocycles. The molecule has 0 N–H and O–H groups in total. The van der Waals surface area contributed by atoms with Crippen molar-refractivity contribution in [1.82, 2.24) is 18.8 Å². The number of benzene rings is 2. The Morgan fingerprint density at radius 3 is 2.47 bits per heavy atom. The molecule has 4 aromatic rings. The van der Waals surface area contributed by atoms with Crippen molar-refractivity contribution in [3.8, 4) is 17.1 Å². The van der Waals surface area contributed by atoms with Gasteiger partial charge in [0.1, 0.15) is 17.1 Å². The van der Waals surface area contributed by atoms with E-state index in [1.807, 2.05) is 49.5 Å². The molecule has 9 heteroatoms. The molecule has 176 valence electrons. The van der Waals surface area contributed by atoms with Gasteiger partial charge in [0.25, 0.3) is 0 Å². The van der Waals surface area contributed by atoms with Gasteiger partial charge in [-0.2, -0.15) is 4.31 Å². The van der Waals surface area contributed by atoms with E-state index in [1.165, 1.54) is 23.5 Å². The first kappa shape index (κ1) is 22.8. The molecule has 5 rings (SSSR count). The van der Waals surface area contributed by atoms with E-state index in [1.54, 1.807) is 6.07 Å². The summed E-state index contributed by atoms with van der Waals surface area (Å²) in [6.45, 7) is 2.80. The van der Waals surface area contributed by atoms with Gasteiger partial charge < -0.3 is 9.30 Å². The van der Waals surface area contributed by atoms with Gasteiger partial charge in [0.15, 0.2) is 5.65 Å². The number of rotatable bonds is 5. The van der Waals surface area contributed by atoms with Crippen LogP contribution in [0.25, 0.3) is 22.6 Å². The third-order valence-corrected chi connectivity index (χ3v) is 8.44. The molecule has 0 spiro atoms. The van der Waals surface area contributed by atoms with Crippen LogP contribution >= 0.6 is 11.6 Å². The number of hydrogen-bond acceptors (Lipinski definition) is 5. The lowest BCUT2D eigenvalue weighted by Crippen LogP contribution is -2.39. The van der Waals surface area contributed by atoms with Crippen LogP contribution in [-0.2, 0) is 10.0 Å². The van der Waals surface area contributed by atoms with Crippen molar-refractivity contribution in [2.75, 3.05) is 20.2 Å². The Kier molecular flexibility index (Phi) is 6.06. The summed E-state index contributed by atoms with van der Waals surface area (Å²) in [6.07, 6.45) is 3.16. The number of sulfonamides is 1. The molecule has 1 saturated heterocycles. The maximum absolute atomic E-state index is 13.3. The Balaban J connectivity index is 1.45. The second kappa shape index (κ2) is 9.02. The molecule has 0 aliphatic carbocycles. The van der Waals surface area contributed by atoms with Crippen molar-refractivity contribution < 1.29 is 13.2 Å². The normalized spacial score (nSPS) is 15.6. The van der Waals surface area contributed by atoms with Gasteiger partial charge >= 0.3 is 0 Å². The predicted molar refractivity (Wildman–Crippen MR) is 133 cm³/mol. The molecule has 0 atom stereocenters. The Labute approximate surface area is 204 Å². The first-order valence-electron chi connectivity index (χ1n) is 11.1. The van der Waals surface area contributed by atoms with E-state index < -0.39 is 10.0 Å². The third-order valence-electron chi connectivity index (χ3n) is 6.25. The molecule has 0 unspecified atom stereocenters. The smallest absolute Gasteiger partial charge is 0.243 e. The number of piperidine rings is 1. The van der Waals surface area contributed by atoms with Crippen LogP contribution in [0, 0.1) is 6.92 Å². The van der Waals surface area contributed by atoms with Gasteiger partial charge in [-0.05, 0) is 49.6 Å². The van der Waals surface area contributed by atoms with Gasteiger partial charge in [-0.15, -0.1) is 0 Å². The number of aryl methyl sites for hydroxylation is 1. The maximum atomic E-state index is 13.3. The molecule has 1 fully saturated rings. The van der Waals surface area contributed by atoms with Gasteiger partial charge in [-0.3, -0.25) is 0 Å². The largest absolute Gasteiger partial charge is 0.495 e. The van der Waals surface area contributed by atoms with E-state index >= 15 is 0 Å². The van der Waals surface area contributed by atoms with Gasteiger partial charge in [-0.25, -0.2) is 18.4 Å². The van der Waals surface area contributed by atoms with Crippen LogP contribution in [0.4, 0.5) is 0 Å². The number of halogens is 1. The SMILES string of the molecule is COc1ccc(S(=O)(=O)N2CCC(n3c(-c4ccccc4)nc4cc(C)cnc43)CC2)cc1Cl. The Hall–Kier alpha value is -2.94. The van der Waals surface area contributed by atoms with Crippen molar-refractivity contribution in [3.63, 3.8) is 0 Å². The number of hydrogen-bond donors (Lipinski definition) is 0. The average molecular weight is 497 g/mol. The quantitative estimate of drug-likeness (QED) is 0.384. The molecule has 0 radical (unpaired) electrons. The highest BCUT2D eigenvalue weighted by molar-refractivity contribution is 7.89. The number of fused-ring (bicyclic) bond motifs is 1. The van der Waals surface area contributed by atoms with Crippen LogP contribution in [0.2, 0.25) is 5.02 Å². The lowest BCUT2D eigenvalue weighted by atomic mass is 10.1. The summed E-state index contributed by atoms with van der Waals surface area (Å²) in [5, 5.41) is 0.275. The minimum absolute atomic E-state index is 0.0846. The number of ether oxygens (including phenoxy) is 1. The predicted octanol–water partition coefficient (Wildman–Crippen LogP) is 5.09. The van der Waals surface area contributed by atoms with Crippen LogP contribution in [0.15, 0.2) is 65.7 Å². The van der Waals surface area contributed by atoms with Crippen molar-refractivity contribution in [2.45, 2.75) is 30.7 Å². The van der Waals surface area contributed by atoms with Gasteiger partial charge in [0.05, 0.1) is 17.0 Å². The van der Waals surface area contributed by atoms with Gasteiger partial charge in [0.2, 0.25) is 10.0 Å². The number of imidazole rings is 1. The summed E-state index contributed by atoms with van der Waals surface area (Å²) in [6, 6.07) is 16.7. The Morgan fingerprint density at radius 1 is 1.06 bits per heavy atom. The van der Waals surface area contributed by atoms with Crippen LogP contribution in [-0.4, -0.2) is 47.5 Å². The fraction of sp³-hybridized carbons (Fsp3) is 0.280. The van der Waals surface area contributed by atoms with Crippen LogP contribution < -0.4 is 4.74 Å². The number of nitrogens with zero attached hydrogens (tertiary/aromatic N) is 4. The van der Waals surface area contributed by atoms with E-state index in [-0.39, 0.29) is 16.0 Å². The summed E-state index contributed by atoms with van der Waals surface area (Å²) < 4.78 is 35.4. The summed E-state index contributed by atoms with van der Waals surface area (Å²) in [7, 11) is -2.16. The topological polar surface area (TPSA) is 77.3 Å². The first-order valence-corrected chi connectivity index (χ1v) is 12.9. The van der Waals surface area contributed by atoms with Crippen LogP contribution in [0.1, 0.15) is 24.4 Å². The standard InChI is InChI=1S/C25H25ClN4O3S/c1-17-14-22-25(27-16-17)30(24(28-22)18-6-4-3-5-7-18)19-10-12-29(13-11-19)34(31,32)20-8-9-23(33-2)21(26)15-20/h3-9,14-16,19H,10-13H2,1-2H3. The lowest BCUT2D eigenvalue weighted by molar-refractivity contribution is 0.278. The van der Waals surface area contributed by atoms with E-state index in [0.29, 0.717) is 31.7 Å². The second-order valence-electron chi connectivity index (χ2n) is 8.46. The molecule has 34 heavy (non-hydrogen) atoms. The molecular formula is C25H25ClN4O3S. The van der Waals surface area contributed by atoms with Crippen molar-refractivity contribution in [3.05, 3.63) is 71.4 Å². The highest BCUT2D eigenvalue weighted by Crippen LogP contribution is 2.35. The maximum Gasteiger partial charge on any atom is 0.243 e. The fourth-order valence-corrected chi connectivity index (χ4v) is 6.34. The summed E-state index contributed by atoms with van der Waals surface area (Å²) in [4.78, 5) is 9.76. The van der Waals surface area contributed by atoms with E-state index in [4.69, 9.17) is 21.3 Å². The highest BCUT2D eigenvalue weighted by atomic mass is 35.5. The van der Waals surface area contributed by atoms with Crippen molar-refractivity contribution in [2.24, 2.45) is 0 Å². The van der Waals surface area contributed by atoms with E-state index in [2.05, 4.69) is 9.55 Å². The zero-order chi connectivity index (χ0) is 23.9. The molecular weight excluding hydrogens is 472 g/mol. The van der Waals surface area contributed by atoms with Gasteiger partial charge in [-0.1, -0.05) is 41.9 Å². The van der Waals surface area contributed by atoms with Gasteiger partial charge in [0, 0.05) is 30.9 Å². The molecule has 0 bridgehead atoms. The minimum atomic E-state index is -3.66. The van der Waals surface area contributed by atoms with Crippen LogP contribution in [0.3, 0.4) is 0 Å². The fourth-order valence-electron chi connectivity index (χ4n) is 4.52. The molecule has 0 saturated carbocycles. The van der Waals surface area contributed by atoms with Crippen molar-refractivity contribution >= 4 is 32.8 Å². The number of methoxy groups -OCH3 is 1. The number of aromatic nitrogens is 3. The summed E-state index contributed by atoms with van der Waals surface area (Å²) >= 11 is 6.18. The number of pyridine rings is 1.